The van der Waals surface area contributed by atoms with E-state index in [1.165, 1.54) is 11.3 Å². The molecule has 1 aliphatic rings. The molecule has 140 valence electrons. The summed E-state index contributed by atoms with van der Waals surface area (Å²) in [6, 6.07) is 15.7. The highest BCUT2D eigenvalue weighted by atomic mass is 32.1. The molecule has 4 rings (SSSR count). The van der Waals surface area contributed by atoms with Crippen LogP contribution in [0.3, 0.4) is 0 Å². The lowest BCUT2D eigenvalue weighted by Crippen LogP contribution is -2.40. The van der Waals surface area contributed by atoms with Crippen molar-refractivity contribution in [2.24, 2.45) is 0 Å². The summed E-state index contributed by atoms with van der Waals surface area (Å²) in [6.07, 6.45) is 0. The number of thiazole rings is 1. The standard InChI is InChI=1S/C20H16N4O3S/c1-20(17(26)23-18(27)24-20)14-9-7-13(8-10-14)16(25)22-19-21-15(11-28-19)12-5-3-2-4-6-12/h2-11H,1H3,(H,21,22,25)(H2,23,24,26,27)/t20-/m0/s1. The zero-order valence-electron chi connectivity index (χ0n) is 14.9. The summed E-state index contributed by atoms with van der Waals surface area (Å²) in [5.74, 6) is -0.725. The molecule has 0 unspecified atom stereocenters. The van der Waals surface area contributed by atoms with E-state index >= 15 is 0 Å². The Morgan fingerprint density at radius 1 is 1.07 bits per heavy atom. The topological polar surface area (TPSA) is 100 Å². The van der Waals surface area contributed by atoms with Crippen LogP contribution in [0.2, 0.25) is 0 Å². The van der Waals surface area contributed by atoms with E-state index < -0.39 is 17.5 Å². The third-order valence-corrected chi connectivity index (χ3v) is 5.32. The fourth-order valence-electron chi connectivity index (χ4n) is 2.94. The van der Waals surface area contributed by atoms with Crippen LogP contribution in [-0.4, -0.2) is 22.8 Å². The number of nitrogens with one attached hydrogen (secondary N) is 3. The maximum absolute atomic E-state index is 12.5. The van der Waals surface area contributed by atoms with E-state index in [2.05, 4.69) is 20.9 Å². The van der Waals surface area contributed by atoms with E-state index in [1.54, 1.807) is 31.2 Å². The molecular weight excluding hydrogens is 376 g/mol. The van der Waals surface area contributed by atoms with Crippen molar-refractivity contribution in [3.8, 4) is 11.3 Å². The van der Waals surface area contributed by atoms with Crippen molar-refractivity contribution in [3.05, 3.63) is 71.1 Å². The van der Waals surface area contributed by atoms with Gasteiger partial charge in [0.1, 0.15) is 5.54 Å². The highest BCUT2D eigenvalue weighted by Crippen LogP contribution is 2.26. The molecule has 1 aromatic heterocycles. The van der Waals surface area contributed by atoms with Gasteiger partial charge >= 0.3 is 6.03 Å². The fraction of sp³-hybridized carbons (Fsp3) is 0.100. The first-order valence-corrected chi connectivity index (χ1v) is 9.40. The molecule has 8 heteroatoms. The molecule has 0 bridgehead atoms. The highest BCUT2D eigenvalue weighted by molar-refractivity contribution is 7.14. The number of anilines is 1. The van der Waals surface area contributed by atoms with Crippen LogP contribution in [0.1, 0.15) is 22.8 Å². The summed E-state index contributed by atoms with van der Waals surface area (Å²) in [5.41, 5.74) is 1.65. The number of imide groups is 1. The van der Waals surface area contributed by atoms with E-state index in [1.807, 2.05) is 35.7 Å². The Morgan fingerprint density at radius 3 is 2.43 bits per heavy atom. The molecule has 1 saturated heterocycles. The van der Waals surface area contributed by atoms with Crippen molar-refractivity contribution in [1.82, 2.24) is 15.6 Å². The Kier molecular flexibility index (Phi) is 4.40. The predicted molar refractivity (Wildman–Crippen MR) is 106 cm³/mol. The quantitative estimate of drug-likeness (QED) is 0.594. The number of nitrogens with zero attached hydrogens (tertiary/aromatic N) is 1. The molecule has 28 heavy (non-hydrogen) atoms. The van der Waals surface area contributed by atoms with Gasteiger partial charge in [0.25, 0.3) is 11.8 Å². The largest absolute Gasteiger partial charge is 0.322 e. The average Bonchev–Trinajstić information content (AvgIpc) is 3.27. The molecule has 0 aliphatic carbocycles. The summed E-state index contributed by atoms with van der Waals surface area (Å²) in [4.78, 5) is 40.4. The van der Waals surface area contributed by atoms with Gasteiger partial charge in [-0.3, -0.25) is 20.2 Å². The van der Waals surface area contributed by atoms with Gasteiger partial charge in [0.2, 0.25) is 0 Å². The second kappa shape index (κ2) is 6.90. The number of aromatic nitrogens is 1. The summed E-state index contributed by atoms with van der Waals surface area (Å²) in [5, 5.41) is 9.98. The van der Waals surface area contributed by atoms with E-state index in [0.717, 1.165) is 11.3 Å². The van der Waals surface area contributed by atoms with Crippen molar-refractivity contribution in [1.29, 1.82) is 0 Å². The van der Waals surface area contributed by atoms with Crippen LogP contribution in [0.15, 0.2) is 60.0 Å². The Morgan fingerprint density at radius 2 is 1.79 bits per heavy atom. The SMILES string of the molecule is C[C@@]1(c2ccc(C(=O)Nc3nc(-c4ccccc4)cs3)cc2)NC(=O)NC1=O. The van der Waals surface area contributed by atoms with Gasteiger partial charge in [0.05, 0.1) is 5.69 Å². The molecule has 1 atom stereocenters. The van der Waals surface area contributed by atoms with Crippen LogP contribution in [-0.2, 0) is 10.3 Å². The monoisotopic (exact) mass is 392 g/mol. The smallest absolute Gasteiger partial charge is 0.320 e. The van der Waals surface area contributed by atoms with E-state index in [-0.39, 0.29) is 5.91 Å². The number of amides is 4. The first-order valence-electron chi connectivity index (χ1n) is 8.52. The van der Waals surface area contributed by atoms with Gasteiger partial charge < -0.3 is 5.32 Å². The molecule has 3 aromatic rings. The minimum Gasteiger partial charge on any atom is -0.320 e. The Balaban J connectivity index is 1.48. The number of carbonyl (C=O) groups is 3. The number of hydrogen-bond donors (Lipinski definition) is 3. The van der Waals surface area contributed by atoms with Gasteiger partial charge in [-0.25, -0.2) is 9.78 Å². The van der Waals surface area contributed by atoms with Gasteiger partial charge in [-0.2, -0.15) is 0 Å². The third kappa shape index (κ3) is 3.25. The summed E-state index contributed by atoms with van der Waals surface area (Å²) < 4.78 is 0. The maximum Gasteiger partial charge on any atom is 0.322 e. The van der Waals surface area contributed by atoms with Crippen LogP contribution < -0.4 is 16.0 Å². The van der Waals surface area contributed by atoms with Gasteiger partial charge in [-0.1, -0.05) is 42.5 Å². The summed E-state index contributed by atoms with van der Waals surface area (Å²) in [7, 11) is 0. The molecule has 2 aromatic carbocycles. The van der Waals surface area contributed by atoms with Crippen LogP contribution in [0.25, 0.3) is 11.3 Å². The minimum absolute atomic E-state index is 0.300. The second-order valence-corrected chi connectivity index (χ2v) is 7.33. The van der Waals surface area contributed by atoms with E-state index in [0.29, 0.717) is 16.3 Å². The van der Waals surface area contributed by atoms with Crippen molar-refractivity contribution in [2.45, 2.75) is 12.5 Å². The van der Waals surface area contributed by atoms with Crippen LogP contribution >= 0.6 is 11.3 Å². The lowest BCUT2D eigenvalue weighted by Gasteiger charge is -2.21. The molecule has 7 nitrogen and oxygen atoms in total. The second-order valence-electron chi connectivity index (χ2n) is 6.47. The molecule has 4 amide bonds. The Bertz CT molecular complexity index is 1060. The van der Waals surface area contributed by atoms with Crippen molar-refractivity contribution < 1.29 is 14.4 Å². The zero-order chi connectivity index (χ0) is 19.7. The first kappa shape index (κ1) is 17.9. The van der Waals surface area contributed by atoms with E-state index in [9.17, 15) is 14.4 Å². The molecule has 0 spiro atoms. The molecule has 2 heterocycles. The normalized spacial score (nSPS) is 18.5. The molecule has 0 saturated carbocycles. The summed E-state index contributed by atoms with van der Waals surface area (Å²) >= 11 is 1.35. The van der Waals surface area contributed by atoms with E-state index in [4.69, 9.17) is 0 Å². The maximum atomic E-state index is 12.5. The summed E-state index contributed by atoms with van der Waals surface area (Å²) in [6.45, 7) is 1.61. The lowest BCUT2D eigenvalue weighted by atomic mass is 9.91. The number of rotatable bonds is 4. The minimum atomic E-state index is -1.15. The van der Waals surface area contributed by atoms with Gasteiger partial charge in [-0.15, -0.1) is 11.3 Å². The molecule has 1 aliphatic heterocycles. The average molecular weight is 392 g/mol. The number of hydrogen-bond acceptors (Lipinski definition) is 5. The van der Waals surface area contributed by atoms with Crippen LogP contribution in [0, 0.1) is 0 Å². The Hall–Kier alpha value is -3.52. The Labute approximate surface area is 164 Å². The number of benzene rings is 2. The molecular formula is C20H16N4O3S. The van der Waals surface area contributed by atoms with Crippen LogP contribution in [0.5, 0.6) is 0 Å². The van der Waals surface area contributed by atoms with Crippen molar-refractivity contribution in [2.75, 3.05) is 5.32 Å². The van der Waals surface area contributed by atoms with Crippen molar-refractivity contribution >= 4 is 34.3 Å². The molecule has 3 N–H and O–H groups in total. The van der Waals surface area contributed by atoms with Crippen LogP contribution in [0.4, 0.5) is 9.93 Å². The van der Waals surface area contributed by atoms with Gasteiger partial charge in [-0.05, 0) is 24.6 Å². The number of carbonyl (C=O) groups excluding carboxylic acids is 3. The third-order valence-electron chi connectivity index (χ3n) is 4.56. The van der Waals surface area contributed by atoms with Crippen molar-refractivity contribution in [3.63, 3.8) is 0 Å². The fourth-order valence-corrected chi connectivity index (χ4v) is 3.66. The molecule has 0 radical (unpaired) electrons. The first-order chi connectivity index (χ1) is 13.5. The van der Waals surface area contributed by atoms with Gasteiger partial charge in [0, 0.05) is 16.5 Å². The zero-order valence-corrected chi connectivity index (χ0v) is 15.7. The highest BCUT2D eigenvalue weighted by Gasteiger charge is 2.43. The predicted octanol–water partition coefficient (Wildman–Crippen LogP) is 3.12. The lowest BCUT2D eigenvalue weighted by molar-refractivity contribution is -0.123. The molecule has 1 fully saturated rings. The van der Waals surface area contributed by atoms with Gasteiger partial charge in [0.15, 0.2) is 5.13 Å². The number of urea groups is 1.